The fraction of sp³-hybridized carbons (Fsp3) is 0. The highest BCUT2D eigenvalue weighted by atomic mass is 35.5. The maximum atomic E-state index is 8.31. The van der Waals surface area contributed by atoms with Crippen molar-refractivity contribution in [3.63, 3.8) is 0 Å². The summed E-state index contributed by atoms with van der Waals surface area (Å²) in [5, 5.41) is 8.50. The van der Waals surface area contributed by atoms with Crippen molar-refractivity contribution in [3.8, 4) is 6.07 Å². The van der Waals surface area contributed by atoms with Crippen LogP contribution in [0, 0.1) is 11.3 Å². The summed E-state index contributed by atoms with van der Waals surface area (Å²) in [7, 11) is 0. The lowest BCUT2D eigenvalue weighted by Crippen LogP contribution is -1.63. The number of rotatable bonds is 0. The van der Waals surface area contributed by atoms with Crippen LogP contribution in [-0.2, 0) is 0 Å². The molecule has 0 aliphatic heterocycles. The van der Waals surface area contributed by atoms with Crippen LogP contribution in [0.2, 0.25) is 9.62 Å². The molecule has 0 saturated carbocycles. The average Bonchev–Trinajstić information content (AvgIpc) is 2.10. The van der Waals surface area contributed by atoms with Crippen LogP contribution in [0.3, 0.4) is 0 Å². The first-order valence-electron chi connectivity index (χ1n) is 1.96. The summed E-state index contributed by atoms with van der Waals surface area (Å²) in [6.45, 7) is 0. The van der Waals surface area contributed by atoms with Crippen LogP contribution < -0.4 is 0 Å². The number of thiazole rings is 1. The Kier molecular flexibility index (Phi) is 1.91. The minimum absolute atomic E-state index is 0.188. The Labute approximate surface area is 65.7 Å². The second-order valence-electron chi connectivity index (χ2n) is 1.20. The van der Waals surface area contributed by atoms with Gasteiger partial charge in [-0.1, -0.05) is 34.5 Å². The molecule has 46 valence electrons. The molecule has 1 aromatic heterocycles. The lowest BCUT2D eigenvalue weighted by molar-refractivity contribution is 1.40. The first-order chi connectivity index (χ1) is 4.24. The molecule has 5 heteroatoms. The summed E-state index contributed by atoms with van der Waals surface area (Å²) in [5.41, 5.74) is 0. The Morgan fingerprint density at radius 3 is 2.44 bits per heavy atom. The summed E-state index contributed by atoms with van der Waals surface area (Å²) in [6, 6.07) is 1.86. The largest absolute Gasteiger partial charge is 0.212 e. The normalized spacial score (nSPS) is 9.00. The van der Waals surface area contributed by atoms with E-state index in [1.807, 2.05) is 6.07 Å². The lowest BCUT2D eigenvalue weighted by atomic mass is 10.6. The fourth-order valence-electron chi connectivity index (χ4n) is 0.346. The van der Waals surface area contributed by atoms with E-state index in [-0.39, 0.29) is 5.15 Å². The molecule has 0 aliphatic rings. The van der Waals surface area contributed by atoms with E-state index in [0.717, 1.165) is 11.3 Å². The van der Waals surface area contributed by atoms with Crippen LogP contribution in [0.1, 0.15) is 4.88 Å². The van der Waals surface area contributed by atoms with Crippen LogP contribution in [0.4, 0.5) is 0 Å². The predicted octanol–water partition coefficient (Wildman–Crippen LogP) is 2.32. The molecular weight excluding hydrogens is 179 g/mol. The van der Waals surface area contributed by atoms with Gasteiger partial charge < -0.3 is 0 Å². The monoisotopic (exact) mass is 178 g/mol. The zero-order valence-electron chi connectivity index (χ0n) is 4.06. The van der Waals surface area contributed by atoms with E-state index in [1.54, 1.807) is 0 Å². The maximum Gasteiger partial charge on any atom is 0.186 e. The van der Waals surface area contributed by atoms with Gasteiger partial charge in [-0.05, 0) is 0 Å². The number of hydrogen-bond donors (Lipinski definition) is 0. The summed E-state index contributed by atoms with van der Waals surface area (Å²) >= 11 is 11.9. The van der Waals surface area contributed by atoms with Gasteiger partial charge in [-0.3, -0.25) is 0 Å². The van der Waals surface area contributed by atoms with Crippen molar-refractivity contribution in [2.45, 2.75) is 0 Å². The summed E-state index contributed by atoms with van der Waals surface area (Å²) in [4.78, 5) is 3.97. The lowest BCUT2D eigenvalue weighted by Gasteiger charge is -1.71. The molecule has 0 saturated heterocycles. The molecule has 0 N–H and O–H groups in total. The van der Waals surface area contributed by atoms with Crippen LogP contribution in [0.15, 0.2) is 0 Å². The van der Waals surface area contributed by atoms with Crippen LogP contribution in [-0.4, -0.2) is 4.98 Å². The van der Waals surface area contributed by atoms with Crippen molar-refractivity contribution in [2.75, 3.05) is 0 Å². The van der Waals surface area contributed by atoms with Crippen molar-refractivity contribution < 1.29 is 0 Å². The molecule has 1 aromatic rings. The van der Waals surface area contributed by atoms with Gasteiger partial charge in [-0.15, -0.1) is 0 Å². The quantitative estimate of drug-likeness (QED) is 0.612. The zero-order chi connectivity index (χ0) is 6.85. The number of hydrogen-bond acceptors (Lipinski definition) is 3. The molecule has 0 aliphatic carbocycles. The molecule has 0 spiro atoms. The molecule has 0 unspecified atom stereocenters. The van der Waals surface area contributed by atoms with Crippen molar-refractivity contribution in [1.29, 1.82) is 5.26 Å². The molecule has 9 heavy (non-hydrogen) atoms. The van der Waals surface area contributed by atoms with E-state index in [1.165, 1.54) is 0 Å². The van der Waals surface area contributed by atoms with Crippen molar-refractivity contribution in [1.82, 2.24) is 4.98 Å². The summed E-state index contributed by atoms with van der Waals surface area (Å²) in [5.74, 6) is 0. The van der Waals surface area contributed by atoms with E-state index >= 15 is 0 Å². The van der Waals surface area contributed by atoms with E-state index < -0.39 is 0 Å². The Morgan fingerprint density at radius 1 is 1.56 bits per heavy atom. The molecule has 0 fully saturated rings. The first-order valence-corrected chi connectivity index (χ1v) is 3.53. The second kappa shape index (κ2) is 2.53. The standard InChI is InChI=1S/C4Cl2N2S/c5-3-2(1-7)9-4(6)8-3. The Morgan fingerprint density at radius 2 is 2.22 bits per heavy atom. The molecule has 0 atom stereocenters. The maximum absolute atomic E-state index is 8.31. The van der Waals surface area contributed by atoms with Gasteiger partial charge in [0.25, 0.3) is 0 Å². The third-order valence-electron chi connectivity index (χ3n) is 0.661. The number of aromatic nitrogens is 1. The van der Waals surface area contributed by atoms with Crippen molar-refractivity contribution >= 4 is 34.5 Å². The minimum atomic E-state index is 0.188. The molecule has 0 radical (unpaired) electrons. The van der Waals surface area contributed by atoms with E-state index in [2.05, 4.69) is 4.98 Å². The van der Waals surface area contributed by atoms with Gasteiger partial charge in [0.15, 0.2) is 9.62 Å². The molecule has 0 bridgehead atoms. The second-order valence-corrected chi connectivity index (χ2v) is 3.14. The number of nitriles is 1. The minimum Gasteiger partial charge on any atom is -0.212 e. The Hall–Kier alpha value is -0.300. The Balaban J connectivity index is 3.20. The highest BCUT2D eigenvalue weighted by molar-refractivity contribution is 7.16. The van der Waals surface area contributed by atoms with E-state index in [9.17, 15) is 0 Å². The van der Waals surface area contributed by atoms with Crippen LogP contribution in [0.25, 0.3) is 0 Å². The van der Waals surface area contributed by atoms with Gasteiger partial charge in [-0.2, -0.15) is 5.26 Å². The van der Waals surface area contributed by atoms with Crippen LogP contribution >= 0.6 is 34.5 Å². The third kappa shape index (κ3) is 1.33. The van der Waals surface area contributed by atoms with Crippen LogP contribution in [0.5, 0.6) is 0 Å². The SMILES string of the molecule is N#Cc1sc(Cl)nc1Cl. The van der Waals surface area contributed by atoms with Crippen molar-refractivity contribution in [2.24, 2.45) is 0 Å². The molecule has 0 amide bonds. The number of halogens is 2. The van der Waals surface area contributed by atoms with Gasteiger partial charge in [0, 0.05) is 0 Å². The first kappa shape index (κ1) is 6.81. The summed E-state index contributed by atoms with van der Waals surface area (Å²) < 4.78 is 0.302. The topological polar surface area (TPSA) is 36.7 Å². The van der Waals surface area contributed by atoms with Gasteiger partial charge >= 0.3 is 0 Å². The number of nitrogens with zero attached hydrogens (tertiary/aromatic N) is 2. The van der Waals surface area contributed by atoms with Gasteiger partial charge in [0.2, 0.25) is 0 Å². The molecule has 1 rings (SSSR count). The highest BCUT2D eigenvalue weighted by Crippen LogP contribution is 2.24. The van der Waals surface area contributed by atoms with Crippen molar-refractivity contribution in [3.05, 3.63) is 14.5 Å². The van der Waals surface area contributed by atoms with Gasteiger partial charge in [0.1, 0.15) is 10.9 Å². The average molecular weight is 179 g/mol. The van der Waals surface area contributed by atoms with E-state index in [4.69, 9.17) is 28.5 Å². The highest BCUT2D eigenvalue weighted by Gasteiger charge is 2.04. The predicted molar refractivity (Wildman–Crippen MR) is 36.8 cm³/mol. The zero-order valence-corrected chi connectivity index (χ0v) is 6.39. The Bertz CT molecular complexity index is 262. The molecule has 2 nitrogen and oxygen atoms in total. The third-order valence-corrected chi connectivity index (χ3v) is 2.11. The molecular formula is C4Cl2N2S. The van der Waals surface area contributed by atoms with Gasteiger partial charge in [-0.25, -0.2) is 4.98 Å². The molecule has 1 heterocycles. The summed E-state index contributed by atoms with van der Waals surface area (Å²) in [6.07, 6.45) is 0. The smallest absolute Gasteiger partial charge is 0.186 e. The van der Waals surface area contributed by atoms with Gasteiger partial charge in [0.05, 0.1) is 0 Å². The van der Waals surface area contributed by atoms with E-state index in [0.29, 0.717) is 9.34 Å². The molecule has 0 aromatic carbocycles. The fourth-order valence-corrected chi connectivity index (χ4v) is 1.48.